The number of rotatable bonds is 3. The molecule has 1 heterocycles. The van der Waals surface area contributed by atoms with Crippen molar-refractivity contribution in [2.75, 3.05) is 0 Å². The Morgan fingerprint density at radius 1 is 1.18 bits per heavy atom. The molecule has 2 aromatic rings. The number of halogens is 1. The van der Waals surface area contributed by atoms with Gasteiger partial charge in [-0.2, -0.15) is 0 Å². The summed E-state index contributed by atoms with van der Waals surface area (Å²) in [5.74, 6) is -0.940. The first-order valence-corrected chi connectivity index (χ1v) is 5.83. The summed E-state index contributed by atoms with van der Waals surface area (Å²) in [6, 6.07) is 6.51. The number of carboxylic acid groups (broad SMARTS) is 1. The molecule has 0 atom stereocenters. The van der Waals surface area contributed by atoms with Gasteiger partial charge in [0.1, 0.15) is 0 Å². The minimum atomic E-state index is -0.940. The molecule has 1 aromatic carbocycles. The topological polar surface area (TPSA) is 63.1 Å². The molecule has 4 nitrogen and oxygen atoms in total. The van der Waals surface area contributed by atoms with Crippen LogP contribution in [-0.2, 0) is 0 Å². The minimum Gasteiger partial charge on any atom is -0.478 e. The van der Waals surface area contributed by atoms with Crippen LogP contribution in [0.25, 0.3) is 0 Å². The van der Waals surface area contributed by atoms with Gasteiger partial charge in [-0.3, -0.25) is 0 Å². The summed E-state index contributed by atoms with van der Waals surface area (Å²) < 4.78 is 0. The maximum absolute atomic E-state index is 10.7. The number of carboxylic acids is 1. The standard InChI is InChI=1S/C11H7ClN2O2S/c12-8-5-13-11(14-6-8)17-9-3-1-7(2-4-9)10(15)16/h1-6H,(H,15,16). The van der Waals surface area contributed by atoms with Gasteiger partial charge in [0.25, 0.3) is 0 Å². The van der Waals surface area contributed by atoms with E-state index in [0.717, 1.165) is 4.90 Å². The molecule has 0 aliphatic carbocycles. The van der Waals surface area contributed by atoms with Gasteiger partial charge in [0.15, 0.2) is 5.16 Å². The normalized spacial score (nSPS) is 10.2. The van der Waals surface area contributed by atoms with E-state index in [1.807, 2.05) is 0 Å². The zero-order valence-electron chi connectivity index (χ0n) is 8.50. The lowest BCUT2D eigenvalue weighted by molar-refractivity contribution is 0.0697. The molecule has 86 valence electrons. The van der Waals surface area contributed by atoms with Crippen molar-refractivity contribution in [2.24, 2.45) is 0 Å². The van der Waals surface area contributed by atoms with Crippen molar-refractivity contribution in [2.45, 2.75) is 10.1 Å². The third-order valence-corrected chi connectivity index (χ3v) is 3.00. The van der Waals surface area contributed by atoms with Crippen LogP contribution in [0.1, 0.15) is 10.4 Å². The molecule has 17 heavy (non-hydrogen) atoms. The first kappa shape index (κ1) is 11.9. The van der Waals surface area contributed by atoms with Crippen LogP contribution in [0.5, 0.6) is 0 Å². The Morgan fingerprint density at radius 2 is 1.76 bits per heavy atom. The molecule has 0 saturated carbocycles. The molecule has 1 N–H and O–H groups in total. The number of benzene rings is 1. The molecule has 6 heteroatoms. The SMILES string of the molecule is O=C(O)c1ccc(Sc2ncc(Cl)cn2)cc1. The Bertz CT molecular complexity index is 528. The van der Waals surface area contributed by atoms with Crippen LogP contribution in [-0.4, -0.2) is 21.0 Å². The molecule has 0 radical (unpaired) electrons. The molecule has 0 aliphatic rings. The maximum atomic E-state index is 10.7. The van der Waals surface area contributed by atoms with Gasteiger partial charge in [-0.25, -0.2) is 14.8 Å². The number of carbonyl (C=O) groups is 1. The quantitative estimate of drug-likeness (QED) is 0.866. The van der Waals surface area contributed by atoms with Crippen LogP contribution in [0.15, 0.2) is 46.7 Å². The fraction of sp³-hybridized carbons (Fsp3) is 0. The highest BCUT2D eigenvalue weighted by atomic mass is 35.5. The van der Waals surface area contributed by atoms with Gasteiger partial charge in [-0.15, -0.1) is 0 Å². The molecule has 0 fully saturated rings. The van der Waals surface area contributed by atoms with Crippen molar-refractivity contribution >= 4 is 29.3 Å². The molecule has 1 aromatic heterocycles. The molecule has 0 bridgehead atoms. The molecule has 0 aliphatic heterocycles. The molecular weight excluding hydrogens is 260 g/mol. The van der Waals surface area contributed by atoms with Gasteiger partial charge in [0.05, 0.1) is 23.0 Å². The van der Waals surface area contributed by atoms with E-state index in [4.69, 9.17) is 16.7 Å². The van der Waals surface area contributed by atoms with E-state index in [9.17, 15) is 4.79 Å². The van der Waals surface area contributed by atoms with Crippen LogP contribution in [0.4, 0.5) is 0 Å². The first-order chi connectivity index (χ1) is 8.15. The van der Waals surface area contributed by atoms with E-state index in [-0.39, 0.29) is 5.56 Å². The molecule has 0 unspecified atom stereocenters. The lowest BCUT2D eigenvalue weighted by Gasteiger charge is -2.00. The Labute approximate surface area is 107 Å². The zero-order chi connectivity index (χ0) is 12.3. The fourth-order valence-corrected chi connectivity index (χ4v) is 1.92. The van der Waals surface area contributed by atoms with Gasteiger partial charge in [-0.1, -0.05) is 11.6 Å². The van der Waals surface area contributed by atoms with Crippen LogP contribution in [0.3, 0.4) is 0 Å². The lowest BCUT2D eigenvalue weighted by Crippen LogP contribution is -1.94. The summed E-state index contributed by atoms with van der Waals surface area (Å²) in [6.45, 7) is 0. The Hall–Kier alpha value is -1.59. The number of aromatic carboxylic acids is 1. The van der Waals surface area contributed by atoms with Crippen LogP contribution in [0.2, 0.25) is 5.02 Å². The van der Waals surface area contributed by atoms with Crippen LogP contribution >= 0.6 is 23.4 Å². The molecule has 0 spiro atoms. The van der Waals surface area contributed by atoms with E-state index in [2.05, 4.69) is 9.97 Å². The molecule has 0 saturated heterocycles. The highest BCUT2D eigenvalue weighted by Gasteiger charge is 2.04. The minimum absolute atomic E-state index is 0.256. The monoisotopic (exact) mass is 266 g/mol. The van der Waals surface area contributed by atoms with Crippen molar-refractivity contribution in [1.29, 1.82) is 0 Å². The smallest absolute Gasteiger partial charge is 0.335 e. The van der Waals surface area contributed by atoms with E-state index < -0.39 is 5.97 Å². The average Bonchev–Trinajstić information content (AvgIpc) is 2.33. The molecule has 0 amide bonds. The molecule has 2 rings (SSSR count). The second-order valence-corrected chi connectivity index (χ2v) is 4.59. The van der Waals surface area contributed by atoms with Crippen LogP contribution < -0.4 is 0 Å². The third-order valence-electron chi connectivity index (χ3n) is 1.91. The number of nitrogens with zero attached hydrogens (tertiary/aromatic N) is 2. The summed E-state index contributed by atoms with van der Waals surface area (Å²) in [6.07, 6.45) is 3.03. The largest absolute Gasteiger partial charge is 0.478 e. The Balaban J connectivity index is 2.13. The summed E-state index contributed by atoms with van der Waals surface area (Å²) in [7, 11) is 0. The first-order valence-electron chi connectivity index (χ1n) is 4.64. The van der Waals surface area contributed by atoms with Crippen molar-refractivity contribution < 1.29 is 9.90 Å². The van der Waals surface area contributed by atoms with Crippen molar-refractivity contribution in [3.63, 3.8) is 0 Å². The second-order valence-electron chi connectivity index (χ2n) is 3.12. The van der Waals surface area contributed by atoms with E-state index >= 15 is 0 Å². The van der Waals surface area contributed by atoms with Gasteiger partial charge in [-0.05, 0) is 36.0 Å². The number of aromatic nitrogens is 2. The van der Waals surface area contributed by atoms with Crippen molar-refractivity contribution in [1.82, 2.24) is 9.97 Å². The fourth-order valence-electron chi connectivity index (χ4n) is 1.12. The summed E-state index contributed by atoms with van der Waals surface area (Å²) >= 11 is 7.01. The highest BCUT2D eigenvalue weighted by Crippen LogP contribution is 2.24. The summed E-state index contributed by atoms with van der Waals surface area (Å²) in [4.78, 5) is 19.6. The van der Waals surface area contributed by atoms with Crippen molar-refractivity contribution in [3.05, 3.63) is 47.2 Å². The average molecular weight is 267 g/mol. The summed E-state index contributed by atoms with van der Waals surface area (Å²) in [5, 5.41) is 9.80. The molecular formula is C11H7ClN2O2S. The van der Waals surface area contributed by atoms with E-state index in [1.165, 1.54) is 24.2 Å². The van der Waals surface area contributed by atoms with E-state index in [0.29, 0.717) is 10.2 Å². The zero-order valence-corrected chi connectivity index (χ0v) is 10.1. The highest BCUT2D eigenvalue weighted by molar-refractivity contribution is 7.99. The second kappa shape index (κ2) is 5.16. The third kappa shape index (κ3) is 3.18. The van der Waals surface area contributed by atoms with Gasteiger partial charge >= 0.3 is 5.97 Å². The predicted molar refractivity (Wildman–Crippen MR) is 64.6 cm³/mol. The maximum Gasteiger partial charge on any atom is 0.335 e. The Morgan fingerprint density at radius 3 is 2.29 bits per heavy atom. The van der Waals surface area contributed by atoms with Crippen molar-refractivity contribution in [3.8, 4) is 0 Å². The Kier molecular flexibility index (Phi) is 3.61. The van der Waals surface area contributed by atoms with Crippen LogP contribution in [0, 0.1) is 0 Å². The van der Waals surface area contributed by atoms with Gasteiger partial charge < -0.3 is 5.11 Å². The van der Waals surface area contributed by atoms with E-state index in [1.54, 1.807) is 24.3 Å². The lowest BCUT2D eigenvalue weighted by atomic mass is 10.2. The number of hydrogen-bond donors (Lipinski definition) is 1. The number of hydrogen-bond acceptors (Lipinski definition) is 4. The summed E-state index contributed by atoms with van der Waals surface area (Å²) in [5.41, 5.74) is 0.256. The van der Waals surface area contributed by atoms with Gasteiger partial charge in [0.2, 0.25) is 0 Å². The predicted octanol–water partition coefficient (Wildman–Crippen LogP) is 2.98. The van der Waals surface area contributed by atoms with Gasteiger partial charge in [0, 0.05) is 4.90 Å².